The van der Waals surface area contributed by atoms with E-state index in [1.165, 1.54) is 0 Å². The van der Waals surface area contributed by atoms with E-state index >= 15 is 0 Å². The molecule has 0 unspecified atom stereocenters. The summed E-state index contributed by atoms with van der Waals surface area (Å²) in [6.07, 6.45) is 5.01. The van der Waals surface area contributed by atoms with Crippen molar-refractivity contribution in [2.24, 2.45) is 0 Å². The number of rotatable bonds is 2. The zero-order valence-electron chi connectivity index (χ0n) is 9.50. The Labute approximate surface area is 103 Å². The second-order valence-corrected chi connectivity index (χ2v) is 3.88. The summed E-state index contributed by atoms with van der Waals surface area (Å²) >= 11 is 0. The maximum absolute atomic E-state index is 11.7. The van der Waals surface area contributed by atoms with Crippen molar-refractivity contribution in [2.45, 2.75) is 0 Å². The van der Waals surface area contributed by atoms with E-state index < -0.39 is 0 Å². The van der Waals surface area contributed by atoms with Crippen molar-refractivity contribution >= 4 is 23.1 Å². The molecule has 0 saturated carbocycles. The molecule has 3 rings (SSSR count). The third-order valence-corrected chi connectivity index (χ3v) is 2.64. The van der Waals surface area contributed by atoms with E-state index in [0.717, 1.165) is 5.39 Å². The van der Waals surface area contributed by atoms with Gasteiger partial charge < -0.3 is 8.83 Å². The third kappa shape index (κ3) is 1.98. The number of hydrogen-bond acceptors (Lipinski definition) is 3. The van der Waals surface area contributed by atoms with Gasteiger partial charge in [0.2, 0.25) is 0 Å². The third-order valence-electron chi connectivity index (χ3n) is 2.64. The molecule has 3 aromatic rings. The maximum atomic E-state index is 11.7. The van der Waals surface area contributed by atoms with Gasteiger partial charge in [0.15, 0.2) is 0 Å². The average Bonchev–Trinajstić information content (AvgIpc) is 2.89. The molecule has 2 heterocycles. The zero-order valence-corrected chi connectivity index (χ0v) is 9.50. The number of fused-ring (bicyclic) bond motifs is 1. The minimum atomic E-state index is -0.350. The van der Waals surface area contributed by atoms with Gasteiger partial charge >= 0.3 is 5.63 Å². The monoisotopic (exact) mass is 238 g/mol. The van der Waals surface area contributed by atoms with E-state index in [4.69, 9.17) is 8.83 Å². The van der Waals surface area contributed by atoms with Gasteiger partial charge in [0, 0.05) is 5.39 Å². The summed E-state index contributed by atoms with van der Waals surface area (Å²) in [6, 6.07) is 12.8. The van der Waals surface area contributed by atoms with Crippen molar-refractivity contribution in [1.29, 1.82) is 0 Å². The summed E-state index contributed by atoms with van der Waals surface area (Å²) in [5.41, 5.74) is 0.749. The van der Waals surface area contributed by atoms with Crippen LogP contribution in [0.2, 0.25) is 0 Å². The van der Waals surface area contributed by atoms with Gasteiger partial charge in [0.05, 0.1) is 11.8 Å². The fourth-order valence-electron chi connectivity index (χ4n) is 1.75. The lowest BCUT2D eigenvalue weighted by Crippen LogP contribution is -2.01. The highest BCUT2D eigenvalue weighted by atomic mass is 16.4. The van der Waals surface area contributed by atoms with Crippen LogP contribution in [0.15, 0.2) is 62.4 Å². The van der Waals surface area contributed by atoms with E-state index in [0.29, 0.717) is 16.9 Å². The smallest absolute Gasteiger partial charge is 0.343 e. The van der Waals surface area contributed by atoms with E-state index in [1.54, 1.807) is 36.6 Å². The molecule has 0 radical (unpaired) electrons. The Morgan fingerprint density at radius 1 is 1.00 bits per heavy atom. The summed E-state index contributed by atoms with van der Waals surface area (Å²) in [5.74, 6) is 0.697. The Kier molecular flexibility index (Phi) is 2.57. The molecule has 88 valence electrons. The van der Waals surface area contributed by atoms with E-state index in [1.807, 2.05) is 24.3 Å². The number of furan rings is 1. The molecule has 0 saturated heterocycles. The molecule has 0 amide bonds. The molecule has 0 aliphatic heterocycles. The van der Waals surface area contributed by atoms with E-state index in [2.05, 4.69) is 0 Å². The first-order valence-corrected chi connectivity index (χ1v) is 5.57. The van der Waals surface area contributed by atoms with Gasteiger partial charge in [-0.3, -0.25) is 0 Å². The fourth-order valence-corrected chi connectivity index (χ4v) is 1.75. The van der Waals surface area contributed by atoms with Gasteiger partial charge in [-0.25, -0.2) is 4.79 Å². The Bertz CT molecular complexity index is 749. The maximum Gasteiger partial charge on any atom is 0.343 e. The Morgan fingerprint density at radius 2 is 1.89 bits per heavy atom. The van der Waals surface area contributed by atoms with Crippen LogP contribution in [0.25, 0.3) is 23.1 Å². The van der Waals surface area contributed by atoms with Crippen LogP contribution in [0.3, 0.4) is 0 Å². The SMILES string of the molecule is O=c1oc2ccccc2cc1/C=C/c1ccco1. The fraction of sp³-hybridized carbons (Fsp3) is 0. The lowest BCUT2D eigenvalue weighted by molar-refractivity contribution is 0.556. The summed E-state index contributed by atoms with van der Waals surface area (Å²) in [6.45, 7) is 0. The van der Waals surface area contributed by atoms with Crippen molar-refractivity contribution in [2.75, 3.05) is 0 Å². The summed E-state index contributed by atoms with van der Waals surface area (Å²) in [7, 11) is 0. The first-order chi connectivity index (χ1) is 8.83. The highest BCUT2D eigenvalue weighted by molar-refractivity contribution is 5.80. The number of para-hydroxylation sites is 1. The van der Waals surface area contributed by atoms with Gasteiger partial charge in [-0.15, -0.1) is 0 Å². The molecule has 0 aliphatic rings. The molecule has 3 heteroatoms. The molecule has 2 aromatic heterocycles. The predicted octanol–water partition coefficient (Wildman–Crippen LogP) is 3.56. The van der Waals surface area contributed by atoms with Crippen LogP contribution in [-0.4, -0.2) is 0 Å². The molecule has 3 nitrogen and oxygen atoms in total. The van der Waals surface area contributed by atoms with Crippen LogP contribution < -0.4 is 5.63 Å². The number of hydrogen-bond donors (Lipinski definition) is 0. The van der Waals surface area contributed by atoms with E-state index in [9.17, 15) is 4.79 Å². The standard InChI is InChI=1S/C15H10O3/c16-15-12(7-8-13-5-3-9-17-13)10-11-4-1-2-6-14(11)18-15/h1-10H/b8-7+. The minimum absolute atomic E-state index is 0.350. The molecule has 0 N–H and O–H groups in total. The lowest BCUT2D eigenvalue weighted by atomic mass is 10.2. The molecular weight excluding hydrogens is 228 g/mol. The molecule has 18 heavy (non-hydrogen) atoms. The summed E-state index contributed by atoms with van der Waals surface area (Å²) < 4.78 is 10.4. The van der Waals surface area contributed by atoms with Crippen LogP contribution in [0.5, 0.6) is 0 Å². The summed E-state index contributed by atoms with van der Waals surface area (Å²) in [5, 5.41) is 0.899. The highest BCUT2D eigenvalue weighted by Crippen LogP contribution is 2.14. The van der Waals surface area contributed by atoms with Crippen LogP contribution in [0.4, 0.5) is 0 Å². The first-order valence-electron chi connectivity index (χ1n) is 5.57. The van der Waals surface area contributed by atoms with Crippen LogP contribution in [0, 0.1) is 0 Å². The van der Waals surface area contributed by atoms with Gasteiger partial charge in [0.1, 0.15) is 11.3 Å². The van der Waals surface area contributed by atoms with Crippen molar-refractivity contribution < 1.29 is 8.83 Å². The second-order valence-electron chi connectivity index (χ2n) is 3.88. The molecule has 0 atom stereocenters. The van der Waals surface area contributed by atoms with Gasteiger partial charge in [0.25, 0.3) is 0 Å². The molecule has 0 spiro atoms. The van der Waals surface area contributed by atoms with Gasteiger partial charge in [-0.05, 0) is 36.4 Å². The average molecular weight is 238 g/mol. The summed E-state index contributed by atoms with van der Waals surface area (Å²) in [4.78, 5) is 11.7. The lowest BCUT2D eigenvalue weighted by Gasteiger charge is -1.97. The molecule has 0 bridgehead atoms. The molecule has 0 aliphatic carbocycles. The van der Waals surface area contributed by atoms with Crippen LogP contribution >= 0.6 is 0 Å². The Balaban J connectivity index is 2.07. The normalized spacial score (nSPS) is 11.3. The van der Waals surface area contributed by atoms with Crippen LogP contribution in [0.1, 0.15) is 11.3 Å². The largest absolute Gasteiger partial charge is 0.465 e. The van der Waals surface area contributed by atoms with Gasteiger partial charge in [-0.1, -0.05) is 18.2 Å². The second kappa shape index (κ2) is 4.37. The highest BCUT2D eigenvalue weighted by Gasteiger charge is 2.01. The molecule has 0 fully saturated rings. The van der Waals surface area contributed by atoms with Crippen LogP contribution in [-0.2, 0) is 0 Å². The van der Waals surface area contributed by atoms with Crippen molar-refractivity contribution in [1.82, 2.24) is 0 Å². The van der Waals surface area contributed by atoms with Crippen molar-refractivity contribution in [3.63, 3.8) is 0 Å². The Morgan fingerprint density at radius 3 is 2.72 bits per heavy atom. The number of benzene rings is 1. The first kappa shape index (κ1) is 10.6. The Hall–Kier alpha value is -2.55. The van der Waals surface area contributed by atoms with Gasteiger partial charge in [-0.2, -0.15) is 0 Å². The zero-order chi connectivity index (χ0) is 12.4. The van der Waals surface area contributed by atoms with E-state index in [-0.39, 0.29) is 5.63 Å². The molecule has 1 aromatic carbocycles. The topological polar surface area (TPSA) is 43.4 Å². The van der Waals surface area contributed by atoms with Crippen molar-refractivity contribution in [3.05, 3.63) is 70.5 Å². The molecular formula is C15H10O3. The van der Waals surface area contributed by atoms with Crippen molar-refractivity contribution in [3.8, 4) is 0 Å². The quantitative estimate of drug-likeness (QED) is 0.641. The minimum Gasteiger partial charge on any atom is -0.465 e. The predicted molar refractivity (Wildman–Crippen MR) is 70.1 cm³/mol.